The molecule has 1 saturated heterocycles. The Morgan fingerprint density at radius 1 is 1.50 bits per heavy atom. The van der Waals surface area contributed by atoms with Crippen LogP contribution in [0.4, 0.5) is 0 Å². The summed E-state index contributed by atoms with van der Waals surface area (Å²) in [5.74, 6) is 0.971. The lowest BCUT2D eigenvalue weighted by Crippen LogP contribution is -2.39. The van der Waals surface area contributed by atoms with Gasteiger partial charge in [-0.2, -0.15) is 5.10 Å². The predicted octanol–water partition coefficient (Wildman–Crippen LogP) is 2.85. The number of amides is 1. The number of hydrogen-bond donors (Lipinski definition) is 1. The zero-order chi connectivity index (χ0) is 14.9. The van der Waals surface area contributed by atoms with E-state index in [1.54, 1.807) is 0 Å². The van der Waals surface area contributed by atoms with E-state index in [0.29, 0.717) is 17.9 Å². The van der Waals surface area contributed by atoms with Crippen LogP contribution in [-0.2, 0) is 11.2 Å². The van der Waals surface area contributed by atoms with E-state index in [-0.39, 0.29) is 5.92 Å². The summed E-state index contributed by atoms with van der Waals surface area (Å²) in [6, 6.07) is 0.437. The Labute approximate surface area is 121 Å². The van der Waals surface area contributed by atoms with Crippen molar-refractivity contribution in [3.63, 3.8) is 0 Å². The van der Waals surface area contributed by atoms with Gasteiger partial charge in [0.1, 0.15) is 0 Å². The first-order chi connectivity index (χ1) is 9.43. The maximum atomic E-state index is 12.7. The van der Waals surface area contributed by atoms with E-state index in [9.17, 15) is 4.79 Å². The molecule has 1 N–H and O–H groups in total. The quantitative estimate of drug-likeness (QED) is 0.920. The van der Waals surface area contributed by atoms with E-state index < -0.39 is 0 Å². The normalized spacial score (nSPS) is 24.1. The summed E-state index contributed by atoms with van der Waals surface area (Å²) in [6.07, 6.45) is 3.00. The van der Waals surface area contributed by atoms with Crippen LogP contribution in [-0.4, -0.2) is 33.6 Å². The van der Waals surface area contributed by atoms with Gasteiger partial charge in [-0.05, 0) is 44.6 Å². The molecule has 0 saturated carbocycles. The number of hydrogen-bond acceptors (Lipinski definition) is 2. The minimum absolute atomic E-state index is 0.0318. The van der Waals surface area contributed by atoms with Crippen molar-refractivity contribution < 1.29 is 4.79 Å². The Morgan fingerprint density at radius 2 is 2.20 bits per heavy atom. The number of aromatic nitrogens is 2. The molecule has 2 rings (SSSR count). The van der Waals surface area contributed by atoms with Crippen LogP contribution in [0.3, 0.4) is 0 Å². The van der Waals surface area contributed by atoms with E-state index >= 15 is 0 Å². The summed E-state index contributed by atoms with van der Waals surface area (Å²) < 4.78 is 0. The molecule has 2 heterocycles. The first-order valence-corrected chi connectivity index (χ1v) is 7.74. The fourth-order valence-corrected chi connectivity index (χ4v) is 3.36. The van der Waals surface area contributed by atoms with Crippen LogP contribution < -0.4 is 0 Å². The number of aromatic amines is 1. The van der Waals surface area contributed by atoms with Crippen molar-refractivity contribution in [1.29, 1.82) is 0 Å². The maximum absolute atomic E-state index is 12.7. The molecule has 0 aromatic carbocycles. The van der Waals surface area contributed by atoms with E-state index in [1.807, 2.05) is 20.8 Å². The third-order valence-corrected chi connectivity index (χ3v) is 4.59. The zero-order valence-electron chi connectivity index (χ0n) is 13.4. The lowest BCUT2D eigenvalue weighted by Gasteiger charge is -2.27. The number of nitrogens with one attached hydrogen (secondary N) is 1. The van der Waals surface area contributed by atoms with Gasteiger partial charge in [0.15, 0.2) is 0 Å². The maximum Gasteiger partial charge on any atom is 0.225 e. The van der Waals surface area contributed by atoms with Crippen molar-refractivity contribution in [2.24, 2.45) is 11.8 Å². The fourth-order valence-electron chi connectivity index (χ4n) is 3.36. The van der Waals surface area contributed by atoms with Crippen molar-refractivity contribution in [3.8, 4) is 0 Å². The standard InChI is InChI=1S/C16H27N3O/c1-6-14-7-10(2)9-19(14)16(20)11(3)8-15-12(4)17-18-13(15)5/h10-11,14H,6-9H2,1-5H3,(H,17,18)/t10-,11-,14-/m1/s1. The molecule has 0 unspecified atom stereocenters. The number of carbonyl (C=O) groups is 1. The van der Waals surface area contributed by atoms with Crippen LogP contribution in [0.5, 0.6) is 0 Å². The van der Waals surface area contributed by atoms with Crippen LogP contribution >= 0.6 is 0 Å². The van der Waals surface area contributed by atoms with E-state index in [4.69, 9.17) is 0 Å². The van der Waals surface area contributed by atoms with Gasteiger partial charge in [0.05, 0.1) is 5.69 Å². The summed E-state index contributed by atoms with van der Waals surface area (Å²) in [7, 11) is 0. The molecule has 1 aromatic heterocycles. The van der Waals surface area contributed by atoms with E-state index in [2.05, 4.69) is 28.9 Å². The van der Waals surface area contributed by atoms with Crippen LogP contribution in [0.2, 0.25) is 0 Å². The highest BCUT2D eigenvalue weighted by Gasteiger charge is 2.34. The summed E-state index contributed by atoms with van der Waals surface area (Å²) in [5.41, 5.74) is 3.30. The molecule has 1 fully saturated rings. The number of likely N-dealkylation sites (tertiary alicyclic amines) is 1. The molecule has 4 heteroatoms. The molecular formula is C16H27N3O. The minimum atomic E-state index is 0.0318. The average molecular weight is 277 g/mol. The molecular weight excluding hydrogens is 250 g/mol. The third-order valence-electron chi connectivity index (χ3n) is 4.59. The second-order valence-corrected chi connectivity index (χ2v) is 6.41. The Morgan fingerprint density at radius 3 is 2.75 bits per heavy atom. The molecule has 1 aliphatic rings. The number of H-pyrrole nitrogens is 1. The van der Waals surface area contributed by atoms with Crippen LogP contribution in [0, 0.1) is 25.7 Å². The van der Waals surface area contributed by atoms with Crippen molar-refractivity contribution >= 4 is 5.91 Å². The Kier molecular flexibility index (Phi) is 4.51. The largest absolute Gasteiger partial charge is 0.339 e. The highest BCUT2D eigenvalue weighted by molar-refractivity contribution is 5.79. The van der Waals surface area contributed by atoms with Crippen molar-refractivity contribution in [1.82, 2.24) is 15.1 Å². The lowest BCUT2D eigenvalue weighted by atomic mass is 9.98. The van der Waals surface area contributed by atoms with Crippen molar-refractivity contribution in [2.45, 2.75) is 59.9 Å². The monoisotopic (exact) mass is 277 g/mol. The minimum Gasteiger partial charge on any atom is -0.339 e. The number of rotatable bonds is 4. The van der Waals surface area contributed by atoms with Crippen LogP contribution in [0.25, 0.3) is 0 Å². The number of carbonyl (C=O) groups excluding carboxylic acids is 1. The molecule has 20 heavy (non-hydrogen) atoms. The van der Waals surface area contributed by atoms with Crippen LogP contribution in [0.15, 0.2) is 0 Å². The molecule has 112 valence electrons. The molecule has 3 atom stereocenters. The molecule has 1 amide bonds. The second-order valence-electron chi connectivity index (χ2n) is 6.41. The summed E-state index contributed by atoms with van der Waals surface area (Å²) in [4.78, 5) is 14.8. The van der Waals surface area contributed by atoms with E-state index in [1.165, 1.54) is 5.56 Å². The predicted molar refractivity (Wildman–Crippen MR) is 80.5 cm³/mol. The van der Waals surface area contributed by atoms with Gasteiger partial charge in [-0.25, -0.2) is 0 Å². The smallest absolute Gasteiger partial charge is 0.225 e. The Hall–Kier alpha value is -1.32. The first kappa shape index (κ1) is 15.1. The fraction of sp³-hybridized carbons (Fsp3) is 0.750. The third kappa shape index (κ3) is 2.89. The molecule has 0 spiro atoms. The average Bonchev–Trinajstić information content (AvgIpc) is 2.94. The molecule has 1 aromatic rings. The molecule has 0 radical (unpaired) electrons. The molecule has 0 aliphatic carbocycles. The van der Waals surface area contributed by atoms with Gasteiger partial charge in [-0.3, -0.25) is 9.89 Å². The Bertz CT molecular complexity index is 461. The summed E-state index contributed by atoms with van der Waals surface area (Å²) >= 11 is 0. The van der Waals surface area contributed by atoms with Gasteiger partial charge in [0, 0.05) is 24.2 Å². The SMILES string of the molecule is CC[C@@H]1C[C@@H](C)CN1C(=O)[C@H](C)Cc1c(C)n[nH]c1C. The van der Waals surface area contributed by atoms with Crippen molar-refractivity contribution in [3.05, 3.63) is 17.0 Å². The highest BCUT2D eigenvalue weighted by atomic mass is 16.2. The van der Waals surface area contributed by atoms with Gasteiger partial charge in [0.25, 0.3) is 0 Å². The highest BCUT2D eigenvalue weighted by Crippen LogP contribution is 2.27. The second kappa shape index (κ2) is 5.98. The van der Waals surface area contributed by atoms with Gasteiger partial charge >= 0.3 is 0 Å². The van der Waals surface area contributed by atoms with Gasteiger partial charge in [-0.15, -0.1) is 0 Å². The van der Waals surface area contributed by atoms with Crippen LogP contribution in [0.1, 0.15) is 50.6 Å². The topological polar surface area (TPSA) is 49.0 Å². The Balaban J connectivity index is 2.05. The molecule has 0 bridgehead atoms. The molecule has 1 aliphatic heterocycles. The van der Waals surface area contributed by atoms with Gasteiger partial charge in [-0.1, -0.05) is 20.8 Å². The zero-order valence-corrected chi connectivity index (χ0v) is 13.4. The summed E-state index contributed by atoms with van der Waals surface area (Å²) in [6.45, 7) is 11.4. The number of aryl methyl sites for hydroxylation is 2. The van der Waals surface area contributed by atoms with Gasteiger partial charge in [0.2, 0.25) is 5.91 Å². The van der Waals surface area contributed by atoms with Gasteiger partial charge < -0.3 is 4.90 Å². The number of nitrogens with zero attached hydrogens (tertiary/aromatic N) is 2. The lowest BCUT2D eigenvalue weighted by molar-refractivity contribution is -0.136. The first-order valence-electron chi connectivity index (χ1n) is 7.74. The van der Waals surface area contributed by atoms with Crippen molar-refractivity contribution in [2.75, 3.05) is 6.54 Å². The molecule has 4 nitrogen and oxygen atoms in total. The van der Waals surface area contributed by atoms with E-state index in [0.717, 1.165) is 37.2 Å². The summed E-state index contributed by atoms with van der Waals surface area (Å²) in [5, 5.41) is 7.22.